The first-order chi connectivity index (χ1) is 10.6. The minimum Gasteiger partial charge on any atom is -0.489 e. The molecule has 0 unspecified atom stereocenters. The molecule has 22 heavy (non-hydrogen) atoms. The maximum absolute atomic E-state index is 10.9. The van der Waals surface area contributed by atoms with Gasteiger partial charge in [-0.3, -0.25) is 4.79 Å². The van der Waals surface area contributed by atoms with Crippen molar-refractivity contribution < 1.29 is 14.6 Å². The second kappa shape index (κ2) is 5.93. The first-order valence-corrected chi connectivity index (χ1v) is 7.11. The van der Waals surface area contributed by atoms with Crippen LogP contribution in [-0.2, 0) is 17.9 Å². The predicted molar refractivity (Wildman–Crippen MR) is 85.1 cm³/mol. The molecule has 0 bridgehead atoms. The van der Waals surface area contributed by atoms with Gasteiger partial charge in [-0.25, -0.2) is 0 Å². The summed E-state index contributed by atoms with van der Waals surface area (Å²) < 4.78 is 7.57. The molecule has 0 saturated carbocycles. The summed E-state index contributed by atoms with van der Waals surface area (Å²) in [6.07, 6.45) is 1.80. The SMILES string of the molecule is Cc1cc(OCc2ccccc2)cc2c1ccn2CC(=O)O. The van der Waals surface area contributed by atoms with Gasteiger partial charge in [-0.2, -0.15) is 0 Å². The molecule has 0 spiro atoms. The number of carboxylic acid groups (broad SMARTS) is 1. The lowest BCUT2D eigenvalue weighted by molar-refractivity contribution is -0.137. The summed E-state index contributed by atoms with van der Waals surface area (Å²) >= 11 is 0. The first kappa shape index (κ1) is 14.2. The minimum absolute atomic E-state index is 0.0505. The fourth-order valence-electron chi connectivity index (χ4n) is 2.55. The molecule has 4 nitrogen and oxygen atoms in total. The number of aromatic nitrogens is 1. The van der Waals surface area contributed by atoms with Gasteiger partial charge in [0.05, 0.1) is 5.52 Å². The highest BCUT2D eigenvalue weighted by atomic mass is 16.5. The summed E-state index contributed by atoms with van der Waals surface area (Å²) in [5.41, 5.74) is 3.05. The molecule has 0 saturated heterocycles. The Balaban J connectivity index is 1.88. The van der Waals surface area contributed by atoms with Crippen molar-refractivity contribution in [3.63, 3.8) is 0 Å². The fourth-order valence-corrected chi connectivity index (χ4v) is 2.55. The van der Waals surface area contributed by atoms with E-state index in [0.29, 0.717) is 6.61 Å². The molecule has 112 valence electrons. The molecule has 0 aliphatic rings. The monoisotopic (exact) mass is 295 g/mol. The van der Waals surface area contributed by atoms with Crippen LogP contribution in [0.1, 0.15) is 11.1 Å². The van der Waals surface area contributed by atoms with Crippen LogP contribution in [0.25, 0.3) is 10.9 Å². The second-order valence-corrected chi connectivity index (χ2v) is 5.28. The molecule has 4 heteroatoms. The molecule has 0 aliphatic carbocycles. The summed E-state index contributed by atoms with van der Waals surface area (Å²) in [4.78, 5) is 10.9. The van der Waals surface area contributed by atoms with E-state index >= 15 is 0 Å². The molecule has 0 fully saturated rings. The zero-order valence-electron chi connectivity index (χ0n) is 12.3. The highest BCUT2D eigenvalue weighted by molar-refractivity contribution is 5.86. The maximum atomic E-state index is 10.9. The van der Waals surface area contributed by atoms with Gasteiger partial charge in [-0.05, 0) is 30.2 Å². The molecule has 0 radical (unpaired) electrons. The number of fused-ring (bicyclic) bond motifs is 1. The van der Waals surface area contributed by atoms with Gasteiger partial charge in [0.1, 0.15) is 18.9 Å². The van der Waals surface area contributed by atoms with E-state index in [1.54, 1.807) is 10.8 Å². The van der Waals surface area contributed by atoms with Gasteiger partial charge < -0.3 is 14.4 Å². The zero-order valence-corrected chi connectivity index (χ0v) is 12.3. The third kappa shape index (κ3) is 2.96. The van der Waals surface area contributed by atoms with E-state index in [1.165, 1.54) is 0 Å². The lowest BCUT2D eigenvalue weighted by Crippen LogP contribution is -2.07. The lowest BCUT2D eigenvalue weighted by atomic mass is 10.1. The van der Waals surface area contributed by atoms with Crippen molar-refractivity contribution in [2.45, 2.75) is 20.1 Å². The van der Waals surface area contributed by atoms with E-state index in [1.807, 2.05) is 55.5 Å². The van der Waals surface area contributed by atoms with E-state index in [9.17, 15) is 4.79 Å². The zero-order chi connectivity index (χ0) is 15.5. The number of hydrogen-bond donors (Lipinski definition) is 1. The largest absolute Gasteiger partial charge is 0.489 e. The Kier molecular flexibility index (Phi) is 3.83. The maximum Gasteiger partial charge on any atom is 0.323 e. The van der Waals surface area contributed by atoms with E-state index in [4.69, 9.17) is 9.84 Å². The lowest BCUT2D eigenvalue weighted by Gasteiger charge is -2.09. The summed E-state index contributed by atoms with van der Waals surface area (Å²) in [5.74, 6) is -0.107. The molecule has 0 atom stereocenters. The topological polar surface area (TPSA) is 51.5 Å². The molecule has 0 amide bonds. The van der Waals surface area contributed by atoms with Crippen molar-refractivity contribution in [3.8, 4) is 5.75 Å². The number of rotatable bonds is 5. The van der Waals surface area contributed by atoms with Crippen molar-refractivity contribution in [2.75, 3.05) is 0 Å². The van der Waals surface area contributed by atoms with Crippen LogP contribution in [0, 0.1) is 6.92 Å². The summed E-state index contributed by atoms with van der Waals surface area (Å²) in [6, 6.07) is 15.8. The highest BCUT2D eigenvalue weighted by Gasteiger charge is 2.09. The molecule has 1 aromatic heterocycles. The third-order valence-corrected chi connectivity index (χ3v) is 3.62. The van der Waals surface area contributed by atoms with Crippen molar-refractivity contribution in [3.05, 3.63) is 65.9 Å². The predicted octanol–water partition coefficient (Wildman–Crippen LogP) is 3.61. The van der Waals surface area contributed by atoms with Gasteiger partial charge in [0.2, 0.25) is 0 Å². The van der Waals surface area contributed by atoms with Crippen molar-refractivity contribution >= 4 is 16.9 Å². The van der Waals surface area contributed by atoms with E-state index < -0.39 is 5.97 Å². The Bertz CT molecular complexity index is 806. The van der Waals surface area contributed by atoms with E-state index in [2.05, 4.69) is 0 Å². The number of hydrogen-bond acceptors (Lipinski definition) is 2. The van der Waals surface area contributed by atoms with E-state index in [0.717, 1.165) is 27.8 Å². The van der Waals surface area contributed by atoms with Gasteiger partial charge in [0, 0.05) is 17.6 Å². The van der Waals surface area contributed by atoms with Crippen LogP contribution >= 0.6 is 0 Å². The van der Waals surface area contributed by atoms with Crippen molar-refractivity contribution in [2.24, 2.45) is 0 Å². The standard InChI is InChI=1S/C18H17NO3/c1-13-9-15(22-12-14-5-3-2-4-6-14)10-17-16(13)7-8-19(17)11-18(20)21/h2-10H,11-12H2,1H3,(H,20,21). The van der Waals surface area contributed by atoms with Crippen LogP contribution in [0.2, 0.25) is 0 Å². The number of aliphatic carboxylic acids is 1. The molecular weight excluding hydrogens is 278 g/mol. The molecule has 3 rings (SSSR count). The van der Waals surface area contributed by atoms with Gasteiger partial charge in [0.15, 0.2) is 0 Å². The van der Waals surface area contributed by atoms with Crippen LogP contribution in [0.5, 0.6) is 5.75 Å². The minimum atomic E-state index is -0.856. The molecule has 1 N–H and O–H groups in total. The number of carboxylic acids is 1. The van der Waals surface area contributed by atoms with Gasteiger partial charge in [-0.15, -0.1) is 0 Å². The van der Waals surface area contributed by atoms with Crippen LogP contribution in [-0.4, -0.2) is 15.6 Å². The summed E-state index contributed by atoms with van der Waals surface area (Å²) in [7, 11) is 0. The Morgan fingerprint density at radius 2 is 1.95 bits per heavy atom. The number of carbonyl (C=O) groups is 1. The quantitative estimate of drug-likeness (QED) is 0.782. The normalized spacial score (nSPS) is 10.8. The van der Waals surface area contributed by atoms with Crippen molar-refractivity contribution in [1.82, 2.24) is 4.57 Å². The Labute approximate surface area is 128 Å². The van der Waals surface area contributed by atoms with Crippen LogP contribution < -0.4 is 4.74 Å². The van der Waals surface area contributed by atoms with Gasteiger partial charge in [0.25, 0.3) is 0 Å². The summed E-state index contributed by atoms with van der Waals surface area (Å²) in [5, 5.41) is 10.0. The number of nitrogens with zero attached hydrogens (tertiary/aromatic N) is 1. The highest BCUT2D eigenvalue weighted by Crippen LogP contribution is 2.26. The first-order valence-electron chi connectivity index (χ1n) is 7.11. The molecule has 0 aliphatic heterocycles. The average molecular weight is 295 g/mol. The fraction of sp³-hybridized carbons (Fsp3) is 0.167. The summed E-state index contributed by atoms with van der Waals surface area (Å²) in [6.45, 7) is 2.44. The van der Waals surface area contributed by atoms with Crippen LogP contribution in [0.3, 0.4) is 0 Å². The average Bonchev–Trinajstić information content (AvgIpc) is 2.89. The number of aryl methyl sites for hydroxylation is 1. The number of benzene rings is 2. The van der Waals surface area contributed by atoms with Gasteiger partial charge in [-0.1, -0.05) is 30.3 Å². The molecule has 1 heterocycles. The third-order valence-electron chi connectivity index (χ3n) is 3.62. The van der Waals surface area contributed by atoms with Crippen LogP contribution in [0.4, 0.5) is 0 Å². The van der Waals surface area contributed by atoms with Crippen molar-refractivity contribution in [1.29, 1.82) is 0 Å². The van der Waals surface area contributed by atoms with Gasteiger partial charge >= 0.3 is 5.97 Å². The Hall–Kier alpha value is -2.75. The number of ether oxygens (including phenoxy) is 1. The molecule has 3 aromatic rings. The van der Waals surface area contributed by atoms with E-state index in [-0.39, 0.29) is 6.54 Å². The second-order valence-electron chi connectivity index (χ2n) is 5.28. The Morgan fingerprint density at radius 3 is 2.68 bits per heavy atom. The smallest absolute Gasteiger partial charge is 0.323 e. The molecular formula is C18H17NO3. The molecule has 2 aromatic carbocycles. The Morgan fingerprint density at radius 1 is 1.18 bits per heavy atom. The van der Waals surface area contributed by atoms with Crippen LogP contribution in [0.15, 0.2) is 54.7 Å².